The van der Waals surface area contributed by atoms with Crippen LogP contribution in [-0.4, -0.2) is 42.9 Å². The number of nitrogens with two attached hydrogens (primary N) is 1. The molecule has 0 aliphatic carbocycles. The van der Waals surface area contributed by atoms with Gasteiger partial charge in [-0.25, -0.2) is 19.0 Å². The van der Waals surface area contributed by atoms with Gasteiger partial charge in [-0.1, -0.05) is 36.9 Å². The van der Waals surface area contributed by atoms with Gasteiger partial charge in [-0.3, -0.25) is 9.59 Å². The summed E-state index contributed by atoms with van der Waals surface area (Å²) in [6, 6.07) is 13.6. The molecule has 172 valence electrons. The Bertz CT molecular complexity index is 1380. The fourth-order valence-corrected chi connectivity index (χ4v) is 3.73. The highest BCUT2D eigenvalue weighted by Gasteiger charge is 2.20. The number of amides is 1. The lowest BCUT2D eigenvalue weighted by Crippen LogP contribution is -2.32. The number of ketones is 1. The third-order valence-electron chi connectivity index (χ3n) is 5.42. The lowest BCUT2D eigenvalue weighted by atomic mass is 10.0. The first-order valence-corrected chi connectivity index (χ1v) is 10.6. The van der Waals surface area contributed by atoms with Gasteiger partial charge in [-0.2, -0.15) is 5.10 Å². The highest BCUT2D eigenvalue weighted by Crippen LogP contribution is 2.31. The van der Waals surface area contributed by atoms with E-state index in [9.17, 15) is 14.0 Å². The number of fused-ring (bicyclic) bond motifs is 1. The van der Waals surface area contributed by atoms with Crippen LogP contribution in [0, 0.1) is 5.82 Å². The molecular formula is C25H23FN6O2. The van der Waals surface area contributed by atoms with Crippen molar-refractivity contribution in [1.29, 1.82) is 0 Å². The van der Waals surface area contributed by atoms with Crippen molar-refractivity contribution in [3.63, 3.8) is 0 Å². The minimum atomic E-state index is -0.563. The predicted molar refractivity (Wildman–Crippen MR) is 127 cm³/mol. The van der Waals surface area contributed by atoms with Gasteiger partial charge in [0.1, 0.15) is 23.7 Å². The molecule has 0 atom stereocenters. The second kappa shape index (κ2) is 9.62. The number of anilines is 1. The van der Waals surface area contributed by atoms with Crippen molar-refractivity contribution >= 4 is 28.5 Å². The number of hydrogen-bond acceptors (Lipinski definition) is 6. The number of halogens is 1. The number of benzene rings is 2. The van der Waals surface area contributed by atoms with Gasteiger partial charge >= 0.3 is 0 Å². The van der Waals surface area contributed by atoms with Gasteiger partial charge in [0.2, 0.25) is 5.91 Å². The molecule has 0 spiro atoms. The van der Waals surface area contributed by atoms with Crippen LogP contribution in [0.4, 0.5) is 10.2 Å². The normalized spacial score (nSPS) is 10.9. The van der Waals surface area contributed by atoms with Gasteiger partial charge in [0.05, 0.1) is 11.9 Å². The van der Waals surface area contributed by atoms with E-state index in [2.05, 4.69) is 21.6 Å². The van der Waals surface area contributed by atoms with Crippen molar-refractivity contribution in [2.24, 2.45) is 0 Å². The predicted octanol–water partition coefficient (Wildman–Crippen LogP) is 3.63. The lowest BCUT2D eigenvalue weighted by molar-refractivity contribution is -0.126. The van der Waals surface area contributed by atoms with E-state index >= 15 is 0 Å². The number of carbonyl (C=O) groups excluding carboxylic acids is 2. The van der Waals surface area contributed by atoms with Crippen molar-refractivity contribution in [1.82, 2.24) is 24.6 Å². The average molecular weight is 458 g/mol. The first-order valence-electron chi connectivity index (χ1n) is 10.6. The SMILES string of the molecule is C=CC(=O)N(CCn1nc(-c2cc(F)cc(C(C)=O)c2)c2c(N)ncnc21)Cc1ccccc1. The second-order valence-electron chi connectivity index (χ2n) is 7.76. The van der Waals surface area contributed by atoms with Crippen LogP contribution in [0.2, 0.25) is 0 Å². The van der Waals surface area contributed by atoms with Crippen LogP contribution < -0.4 is 5.73 Å². The highest BCUT2D eigenvalue weighted by molar-refractivity contribution is 6.00. The number of Topliss-reactive ketones (excluding diaryl/α,β-unsaturated/α-hetero) is 1. The van der Waals surface area contributed by atoms with Gasteiger partial charge in [0.25, 0.3) is 0 Å². The maximum absolute atomic E-state index is 14.3. The lowest BCUT2D eigenvalue weighted by Gasteiger charge is -2.21. The summed E-state index contributed by atoms with van der Waals surface area (Å²) in [7, 11) is 0. The zero-order valence-electron chi connectivity index (χ0n) is 18.6. The Labute approximate surface area is 195 Å². The van der Waals surface area contributed by atoms with Crippen LogP contribution in [0.15, 0.2) is 67.5 Å². The van der Waals surface area contributed by atoms with E-state index in [1.165, 1.54) is 31.5 Å². The summed E-state index contributed by atoms with van der Waals surface area (Å²) in [5.74, 6) is -0.867. The summed E-state index contributed by atoms with van der Waals surface area (Å²) in [5, 5.41) is 5.07. The highest BCUT2D eigenvalue weighted by atomic mass is 19.1. The number of aromatic nitrogens is 4. The molecule has 8 nitrogen and oxygen atoms in total. The second-order valence-corrected chi connectivity index (χ2v) is 7.76. The Balaban J connectivity index is 1.71. The molecule has 34 heavy (non-hydrogen) atoms. The Morgan fingerprint density at radius 1 is 1.18 bits per heavy atom. The molecular weight excluding hydrogens is 435 g/mol. The van der Waals surface area contributed by atoms with E-state index in [1.807, 2.05) is 30.3 Å². The van der Waals surface area contributed by atoms with Crippen LogP contribution in [0.1, 0.15) is 22.8 Å². The Morgan fingerprint density at radius 2 is 1.94 bits per heavy atom. The minimum Gasteiger partial charge on any atom is -0.383 e. The molecule has 9 heteroatoms. The number of rotatable bonds is 8. The summed E-state index contributed by atoms with van der Waals surface area (Å²) in [4.78, 5) is 34.4. The van der Waals surface area contributed by atoms with Crippen molar-refractivity contribution in [3.05, 3.63) is 84.5 Å². The van der Waals surface area contributed by atoms with Crippen LogP contribution >= 0.6 is 0 Å². The molecule has 0 unspecified atom stereocenters. The number of nitrogen functional groups attached to an aromatic ring is 1. The Hall–Kier alpha value is -4.40. The van der Waals surface area contributed by atoms with E-state index in [0.717, 1.165) is 5.56 Å². The van der Waals surface area contributed by atoms with Crippen molar-refractivity contribution in [2.45, 2.75) is 20.0 Å². The summed E-state index contributed by atoms with van der Waals surface area (Å²) in [5.41, 5.74) is 8.52. The molecule has 2 heterocycles. The van der Waals surface area contributed by atoms with Crippen molar-refractivity contribution in [2.75, 3.05) is 12.3 Å². The molecule has 4 rings (SSSR count). The molecule has 0 saturated carbocycles. The monoisotopic (exact) mass is 458 g/mol. The quantitative estimate of drug-likeness (QED) is 0.319. The third kappa shape index (κ3) is 4.68. The summed E-state index contributed by atoms with van der Waals surface area (Å²) < 4.78 is 15.9. The molecule has 0 bridgehead atoms. The molecule has 2 aromatic heterocycles. The largest absolute Gasteiger partial charge is 0.383 e. The Morgan fingerprint density at radius 3 is 2.65 bits per heavy atom. The summed E-state index contributed by atoms with van der Waals surface area (Å²) in [6.07, 6.45) is 2.59. The maximum atomic E-state index is 14.3. The van der Waals surface area contributed by atoms with Gasteiger partial charge < -0.3 is 10.6 Å². The van der Waals surface area contributed by atoms with Crippen LogP contribution in [0.3, 0.4) is 0 Å². The number of hydrogen-bond donors (Lipinski definition) is 1. The average Bonchev–Trinajstić information content (AvgIpc) is 3.21. The van der Waals surface area contributed by atoms with Crippen molar-refractivity contribution < 1.29 is 14.0 Å². The van der Waals surface area contributed by atoms with Crippen LogP contribution in [0.5, 0.6) is 0 Å². The molecule has 0 aliphatic rings. The molecule has 2 aromatic carbocycles. The fraction of sp³-hybridized carbons (Fsp3) is 0.160. The minimum absolute atomic E-state index is 0.184. The third-order valence-corrected chi connectivity index (χ3v) is 5.42. The Kier molecular flexibility index (Phi) is 6.44. The van der Waals surface area contributed by atoms with E-state index in [4.69, 9.17) is 5.73 Å². The number of nitrogens with zero attached hydrogens (tertiary/aromatic N) is 5. The summed E-state index contributed by atoms with van der Waals surface area (Å²) in [6.45, 7) is 5.99. The molecule has 0 fully saturated rings. The van der Waals surface area contributed by atoms with Crippen molar-refractivity contribution in [3.8, 4) is 11.3 Å². The van der Waals surface area contributed by atoms with E-state index < -0.39 is 5.82 Å². The molecule has 0 aliphatic heterocycles. The van der Waals surface area contributed by atoms with Gasteiger partial charge in [-0.05, 0) is 36.8 Å². The van der Waals surface area contributed by atoms with Crippen LogP contribution in [0.25, 0.3) is 22.3 Å². The molecule has 1 amide bonds. The van der Waals surface area contributed by atoms with Gasteiger partial charge in [0, 0.05) is 24.2 Å². The van der Waals surface area contributed by atoms with Gasteiger partial charge in [0.15, 0.2) is 11.4 Å². The first-order chi connectivity index (χ1) is 16.4. The standard InChI is InChI=1S/C25H23FN6O2/c1-3-21(34)31(14-17-7-5-4-6-8-17)9-10-32-25-22(24(27)28-15-29-25)23(30-32)19-11-18(16(2)33)12-20(26)13-19/h3-8,11-13,15H,1,9-10,14H2,2H3,(H2,27,28,29). The molecule has 4 aromatic rings. The topological polar surface area (TPSA) is 107 Å². The number of carbonyl (C=O) groups is 2. The van der Waals surface area contributed by atoms with E-state index in [0.29, 0.717) is 41.9 Å². The first kappa shape index (κ1) is 22.8. The summed E-state index contributed by atoms with van der Waals surface area (Å²) >= 11 is 0. The van der Waals surface area contributed by atoms with E-state index in [1.54, 1.807) is 15.6 Å². The molecule has 2 N–H and O–H groups in total. The smallest absolute Gasteiger partial charge is 0.246 e. The van der Waals surface area contributed by atoms with Gasteiger partial charge in [-0.15, -0.1) is 0 Å². The molecule has 0 radical (unpaired) electrons. The van der Waals surface area contributed by atoms with Crippen LogP contribution in [-0.2, 0) is 17.9 Å². The van der Waals surface area contributed by atoms with E-state index in [-0.39, 0.29) is 23.1 Å². The zero-order valence-corrected chi connectivity index (χ0v) is 18.6. The maximum Gasteiger partial charge on any atom is 0.246 e. The fourth-order valence-electron chi connectivity index (χ4n) is 3.73. The zero-order chi connectivity index (χ0) is 24.2. The molecule has 0 saturated heterocycles.